The van der Waals surface area contributed by atoms with Crippen LogP contribution in [0.4, 0.5) is 8.78 Å². The van der Waals surface area contributed by atoms with Crippen LogP contribution in [0, 0.1) is 11.6 Å². The zero-order valence-electron chi connectivity index (χ0n) is 8.26. The summed E-state index contributed by atoms with van der Waals surface area (Å²) in [4.78, 5) is 0. The topological polar surface area (TPSA) is 46.2 Å². The molecule has 0 unspecified atom stereocenters. The van der Waals surface area contributed by atoms with Gasteiger partial charge in [0.2, 0.25) is 0 Å². The number of nitrogens with two attached hydrogens (primary N) is 1. The number of rotatable bonds is 3. The van der Waals surface area contributed by atoms with Gasteiger partial charge in [-0.15, -0.1) is 0 Å². The maximum atomic E-state index is 12.9. The van der Waals surface area contributed by atoms with E-state index in [9.17, 15) is 13.9 Å². The first-order chi connectivity index (χ1) is 7.00. The number of phenolic OH excluding ortho intramolecular Hbond substituents is 1. The summed E-state index contributed by atoms with van der Waals surface area (Å²) < 4.78 is 25.6. The summed E-state index contributed by atoms with van der Waals surface area (Å²) in [5.74, 6) is -2.15. The predicted molar refractivity (Wildman–Crippen MR) is 52.5 cm³/mol. The Morgan fingerprint density at radius 2 is 1.87 bits per heavy atom. The van der Waals surface area contributed by atoms with E-state index in [0.717, 1.165) is 25.0 Å². The van der Waals surface area contributed by atoms with Crippen molar-refractivity contribution in [3.05, 3.63) is 29.3 Å². The molecule has 0 amide bonds. The fraction of sp³-hybridized carbons (Fsp3) is 0.455. The Kier molecular flexibility index (Phi) is 2.38. The van der Waals surface area contributed by atoms with Crippen LogP contribution in [-0.2, 0) is 6.42 Å². The number of hydrogen-bond acceptors (Lipinski definition) is 2. The molecule has 82 valence electrons. The molecule has 1 aliphatic carbocycles. The second-order valence-corrected chi connectivity index (χ2v) is 4.26. The highest BCUT2D eigenvalue weighted by atomic mass is 19.2. The fourth-order valence-electron chi connectivity index (χ4n) is 1.57. The maximum Gasteiger partial charge on any atom is 0.162 e. The first kappa shape index (κ1) is 10.4. The van der Waals surface area contributed by atoms with Crippen molar-refractivity contribution in [2.75, 3.05) is 0 Å². The fourth-order valence-corrected chi connectivity index (χ4v) is 1.57. The average molecular weight is 213 g/mol. The van der Waals surface area contributed by atoms with E-state index in [1.807, 2.05) is 0 Å². The van der Waals surface area contributed by atoms with Crippen molar-refractivity contribution in [3.8, 4) is 5.75 Å². The van der Waals surface area contributed by atoms with Crippen LogP contribution in [0.15, 0.2) is 12.1 Å². The third kappa shape index (κ3) is 2.26. The number of halogens is 2. The smallest absolute Gasteiger partial charge is 0.162 e. The van der Waals surface area contributed by atoms with Crippen molar-refractivity contribution in [2.24, 2.45) is 5.73 Å². The monoisotopic (exact) mass is 213 g/mol. The molecule has 1 aromatic rings. The van der Waals surface area contributed by atoms with Crippen LogP contribution < -0.4 is 5.73 Å². The quantitative estimate of drug-likeness (QED) is 0.807. The van der Waals surface area contributed by atoms with Crippen molar-refractivity contribution in [3.63, 3.8) is 0 Å². The van der Waals surface area contributed by atoms with Crippen molar-refractivity contribution in [2.45, 2.75) is 31.2 Å². The lowest BCUT2D eigenvalue weighted by Crippen LogP contribution is -2.22. The molecule has 0 radical (unpaired) electrons. The Balaban J connectivity index is 2.10. The standard InChI is InChI=1S/C11H13F2NO/c12-8-5-7(10(15)6-9(8)13)1-2-11(14)3-4-11/h5-6,15H,1-4,14H2. The van der Waals surface area contributed by atoms with Crippen LogP contribution >= 0.6 is 0 Å². The van der Waals surface area contributed by atoms with E-state index >= 15 is 0 Å². The minimum absolute atomic E-state index is 0.142. The Morgan fingerprint density at radius 3 is 2.47 bits per heavy atom. The van der Waals surface area contributed by atoms with E-state index in [-0.39, 0.29) is 11.3 Å². The summed E-state index contributed by atoms with van der Waals surface area (Å²) in [7, 11) is 0. The second-order valence-electron chi connectivity index (χ2n) is 4.26. The second kappa shape index (κ2) is 3.45. The lowest BCUT2D eigenvalue weighted by Gasteiger charge is -2.09. The summed E-state index contributed by atoms with van der Waals surface area (Å²) in [6.45, 7) is 0. The molecule has 2 rings (SSSR count). The number of phenols is 1. The molecule has 0 bridgehead atoms. The highest BCUT2D eigenvalue weighted by Gasteiger charge is 2.37. The maximum absolute atomic E-state index is 12.9. The Bertz CT molecular complexity index is 388. The number of aromatic hydroxyl groups is 1. The lowest BCUT2D eigenvalue weighted by molar-refractivity contribution is 0.444. The number of benzene rings is 1. The van der Waals surface area contributed by atoms with Gasteiger partial charge in [-0.2, -0.15) is 0 Å². The van der Waals surface area contributed by atoms with E-state index < -0.39 is 11.6 Å². The molecule has 3 N–H and O–H groups in total. The third-order valence-corrected chi connectivity index (χ3v) is 2.91. The van der Waals surface area contributed by atoms with Gasteiger partial charge < -0.3 is 10.8 Å². The van der Waals surface area contributed by atoms with Crippen LogP contribution in [0.1, 0.15) is 24.8 Å². The molecule has 15 heavy (non-hydrogen) atoms. The molecule has 0 heterocycles. The Morgan fingerprint density at radius 1 is 1.27 bits per heavy atom. The molecule has 0 aromatic heterocycles. The van der Waals surface area contributed by atoms with Gasteiger partial charge in [0.1, 0.15) is 5.75 Å². The van der Waals surface area contributed by atoms with Crippen LogP contribution in [0.5, 0.6) is 5.75 Å². The molecule has 1 aromatic carbocycles. The summed E-state index contributed by atoms with van der Waals surface area (Å²) in [5.41, 5.74) is 6.14. The highest BCUT2D eigenvalue weighted by Crippen LogP contribution is 2.37. The van der Waals surface area contributed by atoms with Gasteiger partial charge in [-0.3, -0.25) is 0 Å². The number of hydrogen-bond donors (Lipinski definition) is 2. The molecule has 0 aliphatic heterocycles. The molecule has 0 atom stereocenters. The normalized spacial score (nSPS) is 17.8. The van der Waals surface area contributed by atoms with E-state index in [2.05, 4.69) is 0 Å². The average Bonchev–Trinajstić information content (AvgIpc) is 2.89. The first-order valence-corrected chi connectivity index (χ1v) is 4.96. The summed E-state index contributed by atoms with van der Waals surface area (Å²) >= 11 is 0. The van der Waals surface area contributed by atoms with E-state index in [0.29, 0.717) is 18.4 Å². The summed E-state index contributed by atoms with van der Waals surface area (Å²) in [6, 6.07) is 1.84. The SMILES string of the molecule is NC1(CCc2cc(F)c(F)cc2O)CC1. The molecule has 1 saturated carbocycles. The van der Waals surface area contributed by atoms with Gasteiger partial charge in [0.15, 0.2) is 11.6 Å². The Hall–Kier alpha value is -1.16. The molecule has 1 aliphatic rings. The molecular weight excluding hydrogens is 200 g/mol. The highest BCUT2D eigenvalue weighted by molar-refractivity contribution is 5.33. The van der Waals surface area contributed by atoms with Gasteiger partial charge in [0.05, 0.1) is 0 Å². The zero-order chi connectivity index (χ0) is 11.1. The van der Waals surface area contributed by atoms with Crippen molar-refractivity contribution in [1.82, 2.24) is 0 Å². The van der Waals surface area contributed by atoms with Gasteiger partial charge in [0.25, 0.3) is 0 Å². The van der Waals surface area contributed by atoms with Crippen molar-refractivity contribution < 1.29 is 13.9 Å². The van der Waals surface area contributed by atoms with Gasteiger partial charge in [-0.25, -0.2) is 8.78 Å². The molecule has 2 nitrogen and oxygen atoms in total. The predicted octanol–water partition coefficient (Wildman–Crippen LogP) is 2.09. The van der Waals surface area contributed by atoms with Crippen LogP contribution in [-0.4, -0.2) is 10.6 Å². The van der Waals surface area contributed by atoms with Crippen molar-refractivity contribution >= 4 is 0 Å². The molecule has 0 saturated heterocycles. The van der Waals surface area contributed by atoms with Gasteiger partial charge in [-0.1, -0.05) is 0 Å². The van der Waals surface area contributed by atoms with Crippen LogP contribution in [0.3, 0.4) is 0 Å². The number of aryl methyl sites for hydroxylation is 1. The van der Waals surface area contributed by atoms with Gasteiger partial charge in [-0.05, 0) is 37.3 Å². The molecule has 4 heteroatoms. The molecular formula is C11H13F2NO. The van der Waals surface area contributed by atoms with E-state index in [1.165, 1.54) is 0 Å². The summed E-state index contributed by atoms with van der Waals surface area (Å²) in [6.07, 6.45) is 3.13. The van der Waals surface area contributed by atoms with Gasteiger partial charge >= 0.3 is 0 Å². The van der Waals surface area contributed by atoms with E-state index in [1.54, 1.807) is 0 Å². The van der Waals surface area contributed by atoms with Gasteiger partial charge in [0, 0.05) is 11.6 Å². The zero-order valence-corrected chi connectivity index (χ0v) is 8.26. The Labute approximate surface area is 86.7 Å². The van der Waals surface area contributed by atoms with Crippen LogP contribution in [0.25, 0.3) is 0 Å². The van der Waals surface area contributed by atoms with E-state index in [4.69, 9.17) is 5.73 Å². The first-order valence-electron chi connectivity index (χ1n) is 4.96. The molecule has 1 fully saturated rings. The van der Waals surface area contributed by atoms with Crippen LogP contribution in [0.2, 0.25) is 0 Å². The summed E-state index contributed by atoms with van der Waals surface area (Å²) in [5, 5.41) is 9.39. The minimum Gasteiger partial charge on any atom is -0.508 e. The largest absolute Gasteiger partial charge is 0.508 e. The molecule has 0 spiro atoms. The minimum atomic E-state index is -1.02. The van der Waals surface area contributed by atoms with Crippen molar-refractivity contribution in [1.29, 1.82) is 0 Å². The lowest BCUT2D eigenvalue weighted by atomic mass is 10.0. The third-order valence-electron chi connectivity index (χ3n) is 2.91.